The molecule has 1 aliphatic rings. The van der Waals surface area contributed by atoms with Crippen LogP contribution < -0.4 is 10.5 Å². The second-order valence-corrected chi connectivity index (χ2v) is 11.7. The van der Waals surface area contributed by atoms with Gasteiger partial charge >= 0.3 is 12.1 Å². The quantitative estimate of drug-likeness (QED) is 0.204. The zero-order valence-electron chi connectivity index (χ0n) is 24.9. The van der Waals surface area contributed by atoms with Gasteiger partial charge in [-0.2, -0.15) is 13.2 Å². The highest BCUT2D eigenvalue weighted by Gasteiger charge is 2.39. The molecular weight excluding hydrogens is 589 g/mol. The van der Waals surface area contributed by atoms with Crippen molar-refractivity contribution in [2.75, 3.05) is 11.4 Å². The molecule has 5 aromatic carbocycles. The number of halogens is 3. The third-order valence-electron chi connectivity index (χ3n) is 9.00. The Morgan fingerprint density at radius 2 is 1.41 bits per heavy atom. The summed E-state index contributed by atoms with van der Waals surface area (Å²) in [6, 6.07) is 31.2. The minimum absolute atomic E-state index is 0.0169. The highest BCUT2D eigenvalue weighted by Crippen LogP contribution is 2.44. The fraction of sp³-hybridized carbons (Fsp3) is 0.158. The van der Waals surface area contributed by atoms with E-state index < -0.39 is 29.3 Å². The van der Waals surface area contributed by atoms with Crippen LogP contribution in [0.4, 0.5) is 19.0 Å². The summed E-state index contributed by atoms with van der Waals surface area (Å²) in [6.45, 7) is 1.88. The maximum atomic E-state index is 14.2. The lowest BCUT2D eigenvalue weighted by Gasteiger charge is -2.26. The lowest BCUT2D eigenvalue weighted by atomic mass is 9.89. The van der Waals surface area contributed by atoms with Crippen molar-refractivity contribution >= 4 is 33.3 Å². The minimum atomic E-state index is -4.60. The number of carbonyl (C=O) groups is 1. The number of hydrogen-bond acceptors (Lipinski definition) is 3. The summed E-state index contributed by atoms with van der Waals surface area (Å²) in [4.78, 5) is 28.7. The molecule has 5 nitrogen and oxygen atoms in total. The molecule has 1 aliphatic heterocycles. The van der Waals surface area contributed by atoms with Crippen LogP contribution in [0.15, 0.2) is 114 Å². The van der Waals surface area contributed by atoms with Gasteiger partial charge in [0.1, 0.15) is 5.82 Å². The van der Waals surface area contributed by atoms with Crippen LogP contribution in [0.3, 0.4) is 0 Å². The van der Waals surface area contributed by atoms with Gasteiger partial charge < -0.3 is 10.0 Å². The highest BCUT2D eigenvalue weighted by atomic mass is 19.4. The highest BCUT2D eigenvalue weighted by molar-refractivity contribution is 5.90. The molecule has 0 aliphatic carbocycles. The molecule has 230 valence electrons. The first-order valence-electron chi connectivity index (χ1n) is 15.0. The van der Waals surface area contributed by atoms with E-state index in [0.717, 1.165) is 44.8 Å². The number of carboxylic acids is 1. The molecule has 6 aromatic rings. The summed E-state index contributed by atoms with van der Waals surface area (Å²) in [5, 5.41) is 14.3. The number of aromatic nitrogens is 1. The number of rotatable bonds is 6. The molecule has 2 heterocycles. The number of benzene rings is 5. The standard InChI is InChI=1S/C38H29F3N2O3/c1-23-32(20-26-13-6-11-24-9-2-4-17-30(24)26)34(27-14-8-16-29(19-27)38(39,40)41)35-42(22-33(37(45)46)43(35)36(23)44)21-28-15-7-12-25-10-3-5-18-31(25)28/h2-19,33H,20-22H2,1H3,(H,45,46). The Balaban J connectivity index is 1.52. The first kappa shape index (κ1) is 29.3. The van der Waals surface area contributed by atoms with Gasteiger partial charge in [-0.1, -0.05) is 97.1 Å². The summed E-state index contributed by atoms with van der Waals surface area (Å²) >= 11 is 0. The second-order valence-electron chi connectivity index (χ2n) is 11.7. The molecule has 1 unspecified atom stereocenters. The van der Waals surface area contributed by atoms with Crippen molar-refractivity contribution in [3.8, 4) is 11.1 Å². The zero-order chi connectivity index (χ0) is 32.2. The lowest BCUT2D eigenvalue weighted by Crippen LogP contribution is -2.30. The van der Waals surface area contributed by atoms with Crippen LogP contribution in [0, 0.1) is 6.92 Å². The average molecular weight is 619 g/mol. The van der Waals surface area contributed by atoms with Gasteiger partial charge in [-0.05, 0) is 69.3 Å². The first-order chi connectivity index (χ1) is 22.1. The van der Waals surface area contributed by atoms with Crippen LogP contribution in [-0.2, 0) is 23.9 Å². The van der Waals surface area contributed by atoms with Crippen molar-refractivity contribution in [1.82, 2.24) is 4.57 Å². The summed E-state index contributed by atoms with van der Waals surface area (Å²) in [7, 11) is 0. The minimum Gasteiger partial charge on any atom is -0.480 e. The van der Waals surface area contributed by atoms with Crippen molar-refractivity contribution in [2.24, 2.45) is 0 Å². The van der Waals surface area contributed by atoms with Crippen molar-refractivity contribution in [2.45, 2.75) is 32.1 Å². The molecule has 1 atom stereocenters. The predicted molar refractivity (Wildman–Crippen MR) is 174 cm³/mol. The van der Waals surface area contributed by atoms with Crippen LogP contribution >= 0.6 is 0 Å². The van der Waals surface area contributed by atoms with E-state index >= 15 is 0 Å². The van der Waals surface area contributed by atoms with Gasteiger partial charge in [-0.15, -0.1) is 0 Å². The lowest BCUT2D eigenvalue weighted by molar-refractivity contribution is -0.140. The second kappa shape index (κ2) is 11.2. The Bertz CT molecular complexity index is 2210. The van der Waals surface area contributed by atoms with E-state index in [-0.39, 0.29) is 25.1 Å². The van der Waals surface area contributed by atoms with Gasteiger partial charge in [0.25, 0.3) is 5.56 Å². The topological polar surface area (TPSA) is 62.5 Å². The summed E-state index contributed by atoms with van der Waals surface area (Å²) in [5.41, 5.74) is 2.11. The van der Waals surface area contributed by atoms with E-state index in [9.17, 15) is 27.9 Å². The molecule has 0 fully saturated rings. The Labute approximate surface area is 262 Å². The Morgan fingerprint density at radius 3 is 2.07 bits per heavy atom. The van der Waals surface area contributed by atoms with Gasteiger partial charge in [0.15, 0.2) is 6.04 Å². The SMILES string of the molecule is Cc1c(Cc2cccc3ccccc23)c(-c2cccc(C(F)(F)F)c2)c2n(c1=O)C(C(=O)O)CN2Cc1cccc2ccccc12. The number of hydrogen-bond donors (Lipinski definition) is 1. The van der Waals surface area contributed by atoms with Crippen molar-refractivity contribution in [1.29, 1.82) is 0 Å². The fourth-order valence-corrected chi connectivity index (χ4v) is 6.80. The van der Waals surface area contributed by atoms with Crippen LogP contribution in [0.25, 0.3) is 32.7 Å². The third-order valence-corrected chi connectivity index (χ3v) is 9.00. The van der Waals surface area contributed by atoms with E-state index in [0.29, 0.717) is 22.5 Å². The third kappa shape index (κ3) is 5.00. The average Bonchev–Trinajstić information content (AvgIpc) is 3.43. The zero-order valence-corrected chi connectivity index (χ0v) is 24.9. The van der Waals surface area contributed by atoms with E-state index in [1.54, 1.807) is 13.0 Å². The normalized spacial score (nSPS) is 14.6. The molecule has 0 radical (unpaired) electrons. The summed E-state index contributed by atoms with van der Waals surface area (Å²) in [6.07, 6.45) is -4.33. The van der Waals surface area contributed by atoms with Gasteiger partial charge in [0.2, 0.25) is 0 Å². The Kier molecular flexibility index (Phi) is 7.15. The van der Waals surface area contributed by atoms with Crippen molar-refractivity contribution < 1.29 is 23.1 Å². The van der Waals surface area contributed by atoms with E-state index in [1.807, 2.05) is 89.8 Å². The molecule has 0 bridgehead atoms. The number of anilines is 1. The molecule has 8 heteroatoms. The first-order valence-corrected chi connectivity index (χ1v) is 15.0. The molecular formula is C38H29F3N2O3. The van der Waals surface area contributed by atoms with Crippen LogP contribution in [0.2, 0.25) is 0 Å². The maximum Gasteiger partial charge on any atom is 0.416 e. The number of aliphatic carboxylic acids is 1. The Morgan fingerprint density at radius 1 is 0.826 bits per heavy atom. The largest absolute Gasteiger partial charge is 0.480 e. The molecule has 1 aromatic heterocycles. The molecule has 0 amide bonds. The van der Waals surface area contributed by atoms with Crippen LogP contribution in [-0.4, -0.2) is 22.2 Å². The number of nitrogens with zero attached hydrogens (tertiary/aromatic N) is 2. The smallest absolute Gasteiger partial charge is 0.416 e. The maximum absolute atomic E-state index is 14.2. The number of pyridine rings is 1. The summed E-state index contributed by atoms with van der Waals surface area (Å²) in [5.74, 6) is -0.870. The number of alkyl halides is 3. The van der Waals surface area contributed by atoms with Gasteiger partial charge in [-0.3, -0.25) is 9.36 Å². The molecule has 0 saturated carbocycles. The molecule has 0 saturated heterocycles. The summed E-state index contributed by atoms with van der Waals surface area (Å²) < 4.78 is 43.4. The van der Waals surface area contributed by atoms with Gasteiger partial charge in [0.05, 0.1) is 12.1 Å². The van der Waals surface area contributed by atoms with E-state index in [4.69, 9.17) is 0 Å². The molecule has 0 spiro atoms. The van der Waals surface area contributed by atoms with Crippen molar-refractivity contribution in [3.63, 3.8) is 0 Å². The van der Waals surface area contributed by atoms with Crippen molar-refractivity contribution in [3.05, 3.63) is 147 Å². The molecule has 46 heavy (non-hydrogen) atoms. The fourth-order valence-electron chi connectivity index (χ4n) is 6.80. The number of fused-ring (bicyclic) bond motifs is 3. The Hall–Kier alpha value is -5.37. The molecule has 7 rings (SSSR count). The predicted octanol–water partition coefficient (Wildman–Crippen LogP) is 8.39. The van der Waals surface area contributed by atoms with Gasteiger partial charge in [0, 0.05) is 17.7 Å². The van der Waals surface area contributed by atoms with E-state index in [1.165, 1.54) is 10.6 Å². The van der Waals surface area contributed by atoms with Crippen LogP contribution in [0.1, 0.15) is 33.9 Å². The van der Waals surface area contributed by atoms with E-state index in [2.05, 4.69) is 0 Å². The molecule has 1 N–H and O–H groups in total. The van der Waals surface area contributed by atoms with Gasteiger partial charge in [-0.25, -0.2) is 4.79 Å². The number of carboxylic acid groups (broad SMARTS) is 1. The van der Waals surface area contributed by atoms with Crippen LogP contribution in [0.5, 0.6) is 0 Å². The monoisotopic (exact) mass is 618 g/mol.